The first-order valence-corrected chi connectivity index (χ1v) is 22.7. The lowest BCUT2D eigenvalue weighted by Gasteiger charge is -2.16. The summed E-state index contributed by atoms with van der Waals surface area (Å²) >= 11 is 0. The van der Waals surface area contributed by atoms with Gasteiger partial charge in [-0.15, -0.1) is 0 Å². The molecule has 0 saturated heterocycles. The molecule has 0 bridgehead atoms. The van der Waals surface area contributed by atoms with E-state index in [1.807, 2.05) is 72.8 Å². The maximum atomic E-state index is 6.53. The lowest BCUT2D eigenvalue weighted by atomic mass is 9.98. The molecule has 0 aliphatic carbocycles. The van der Waals surface area contributed by atoms with Crippen molar-refractivity contribution in [1.29, 1.82) is 0 Å². The minimum Gasteiger partial charge on any atom is -0.456 e. The van der Waals surface area contributed by atoms with Crippen LogP contribution in [0.5, 0.6) is 0 Å². The van der Waals surface area contributed by atoms with Crippen LogP contribution in [0.3, 0.4) is 0 Å². The molecule has 7 heteroatoms. The minimum absolute atomic E-state index is 0.546. The zero-order valence-electron chi connectivity index (χ0n) is 36.1. The second-order valence-electron chi connectivity index (χ2n) is 17.5. The van der Waals surface area contributed by atoms with Crippen LogP contribution in [0.1, 0.15) is 0 Å². The smallest absolute Gasteiger partial charge is 0.164 e. The molecule has 0 fully saturated rings. The molecular weight excluding hydrogens is 837 g/mol. The monoisotopic (exact) mass is 870 g/mol. The Balaban J connectivity index is 0.990. The van der Waals surface area contributed by atoms with E-state index in [-0.39, 0.29) is 0 Å². The van der Waals surface area contributed by atoms with Gasteiger partial charge in [-0.1, -0.05) is 103 Å². The summed E-state index contributed by atoms with van der Waals surface area (Å²) in [5.74, 6) is 1.65. The largest absolute Gasteiger partial charge is 0.456 e. The Bertz CT molecular complexity index is 4460. The van der Waals surface area contributed by atoms with Gasteiger partial charge in [0.2, 0.25) is 0 Å². The first-order chi connectivity index (χ1) is 33.6. The average Bonchev–Trinajstić information content (AvgIpc) is 4.16. The van der Waals surface area contributed by atoms with Gasteiger partial charge in [0.05, 0.1) is 16.7 Å². The zero-order valence-corrected chi connectivity index (χ0v) is 36.1. The second-order valence-corrected chi connectivity index (χ2v) is 17.5. The van der Waals surface area contributed by atoms with E-state index in [4.69, 9.17) is 28.2 Å². The molecule has 316 valence electrons. The summed E-state index contributed by atoms with van der Waals surface area (Å²) in [6, 6.07) is 71.8. The summed E-state index contributed by atoms with van der Waals surface area (Å²) in [5, 5.41) is 11.0. The van der Waals surface area contributed by atoms with E-state index >= 15 is 0 Å². The number of hydrogen-bond acceptors (Lipinski definition) is 6. The van der Waals surface area contributed by atoms with Crippen LogP contribution in [0.2, 0.25) is 0 Å². The van der Waals surface area contributed by atoms with Crippen LogP contribution in [0.15, 0.2) is 220 Å². The first-order valence-electron chi connectivity index (χ1n) is 22.7. The number of aromatic nitrogens is 4. The van der Waals surface area contributed by atoms with Gasteiger partial charge < -0.3 is 17.8 Å². The molecule has 5 aromatic heterocycles. The molecular formula is C61H34N4O3. The standard InChI is InChI=1S/C61H34N4O3/c1-2-12-36-33-52-47(29-35(36)11-1)41-13-3-7-17-50(41)65(52)51-26-22-38(30-46(51)37-21-25-45-42-14-4-8-18-53(42)68-58(45)34-37)59-62-60(39-23-27-56-48(31-39)43-15-5-9-19-54(43)66-56)64-61(63-59)40-24-28-57-49(32-40)44-16-6-10-20-55(44)67-57/h1-34H. The molecule has 0 saturated carbocycles. The highest BCUT2D eigenvalue weighted by atomic mass is 16.3. The third kappa shape index (κ3) is 5.56. The number of para-hydroxylation sites is 4. The lowest BCUT2D eigenvalue weighted by molar-refractivity contribution is 0.668. The molecule has 10 aromatic carbocycles. The number of furan rings is 3. The molecule has 0 radical (unpaired) electrons. The molecule has 0 unspecified atom stereocenters. The Morgan fingerprint density at radius 1 is 0.279 bits per heavy atom. The zero-order chi connectivity index (χ0) is 44.5. The third-order valence-corrected chi connectivity index (χ3v) is 13.6. The predicted octanol–water partition coefficient (Wildman–Crippen LogP) is 16.5. The Morgan fingerprint density at radius 2 is 0.735 bits per heavy atom. The Labute approximate surface area is 386 Å². The van der Waals surface area contributed by atoms with E-state index in [1.165, 1.54) is 21.5 Å². The lowest BCUT2D eigenvalue weighted by Crippen LogP contribution is -2.02. The molecule has 0 atom stereocenters. The van der Waals surface area contributed by atoms with Crippen LogP contribution in [0, 0.1) is 0 Å². The van der Waals surface area contributed by atoms with Crippen molar-refractivity contribution < 1.29 is 13.3 Å². The van der Waals surface area contributed by atoms with Gasteiger partial charge >= 0.3 is 0 Å². The number of rotatable bonds is 5. The summed E-state index contributed by atoms with van der Waals surface area (Å²) < 4.78 is 21.4. The third-order valence-electron chi connectivity index (χ3n) is 13.6. The maximum absolute atomic E-state index is 6.53. The quantitative estimate of drug-likeness (QED) is 0.171. The molecule has 5 heterocycles. The van der Waals surface area contributed by atoms with Crippen molar-refractivity contribution in [3.63, 3.8) is 0 Å². The molecule has 7 nitrogen and oxygen atoms in total. The number of nitrogens with zero attached hydrogens (tertiary/aromatic N) is 4. The normalized spacial score (nSPS) is 12.1. The fourth-order valence-electron chi connectivity index (χ4n) is 10.4. The van der Waals surface area contributed by atoms with Crippen LogP contribution < -0.4 is 0 Å². The highest BCUT2D eigenvalue weighted by Crippen LogP contribution is 2.42. The number of hydrogen-bond donors (Lipinski definition) is 0. The first kappa shape index (κ1) is 36.9. The SMILES string of the molecule is c1ccc2cc3c(cc2c1)c1ccccc1n3-c1ccc(-c2nc(-c3ccc4oc5ccccc5c4c3)nc(-c3ccc4oc5ccccc5c4c3)n2)cc1-c1ccc2c(c1)oc1ccccc12. The molecule has 15 aromatic rings. The highest BCUT2D eigenvalue weighted by Gasteiger charge is 2.21. The van der Waals surface area contributed by atoms with Gasteiger partial charge in [0.25, 0.3) is 0 Å². The van der Waals surface area contributed by atoms with Crippen LogP contribution in [0.25, 0.3) is 149 Å². The van der Waals surface area contributed by atoms with Gasteiger partial charge in [0.15, 0.2) is 17.5 Å². The van der Waals surface area contributed by atoms with Crippen LogP contribution in [0.4, 0.5) is 0 Å². The Kier molecular flexibility index (Phi) is 7.65. The molecule has 0 aliphatic rings. The van der Waals surface area contributed by atoms with Gasteiger partial charge in [0, 0.05) is 65.3 Å². The number of benzene rings is 10. The van der Waals surface area contributed by atoms with Crippen molar-refractivity contribution in [3.8, 4) is 51.0 Å². The fourth-order valence-corrected chi connectivity index (χ4v) is 10.4. The van der Waals surface area contributed by atoms with Crippen LogP contribution in [-0.2, 0) is 0 Å². The van der Waals surface area contributed by atoms with Gasteiger partial charge in [-0.2, -0.15) is 0 Å². The van der Waals surface area contributed by atoms with Crippen molar-refractivity contribution in [2.45, 2.75) is 0 Å². The molecule has 0 aliphatic heterocycles. The van der Waals surface area contributed by atoms with E-state index in [2.05, 4.69) is 138 Å². The maximum Gasteiger partial charge on any atom is 0.164 e. The van der Waals surface area contributed by atoms with Crippen molar-refractivity contribution in [1.82, 2.24) is 19.5 Å². The van der Waals surface area contributed by atoms with Crippen molar-refractivity contribution in [2.75, 3.05) is 0 Å². The fraction of sp³-hybridized carbons (Fsp3) is 0. The van der Waals surface area contributed by atoms with E-state index < -0.39 is 0 Å². The summed E-state index contributed by atoms with van der Waals surface area (Å²) in [4.78, 5) is 15.9. The van der Waals surface area contributed by atoms with E-state index in [0.29, 0.717) is 17.5 Å². The van der Waals surface area contributed by atoms with Crippen molar-refractivity contribution in [3.05, 3.63) is 206 Å². The molecule has 0 spiro atoms. The molecule has 15 rings (SSSR count). The van der Waals surface area contributed by atoms with Gasteiger partial charge in [-0.05, 0) is 119 Å². The average molecular weight is 871 g/mol. The minimum atomic E-state index is 0.546. The topological polar surface area (TPSA) is 83.0 Å². The second kappa shape index (κ2) is 14.1. The predicted molar refractivity (Wildman–Crippen MR) is 275 cm³/mol. The van der Waals surface area contributed by atoms with Crippen molar-refractivity contribution >= 4 is 98.4 Å². The molecule has 0 N–H and O–H groups in total. The molecule has 68 heavy (non-hydrogen) atoms. The summed E-state index contributed by atoms with van der Waals surface area (Å²) in [5.41, 5.74) is 12.8. The summed E-state index contributed by atoms with van der Waals surface area (Å²) in [6.45, 7) is 0. The highest BCUT2D eigenvalue weighted by molar-refractivity contribution is 6.14. The summed E-state index contributed by atoms with van der Waals surface area (Å²) in [7, 11) is 0. The van der Waals surface area contributed by atoms with E-state index in [1.54, 1.807) is 0 Å². The van der Waals surface area contributed by atoms with Gasteiger partial charge in [-0.25, -0.2) is 15.0 Å². The van der Waals surface area contributed by atoms with Crippen LogP contribution in [-0.4, -0.2) is 19.5 Å². The van der Waals surface area contributed by atoms with Crippen LogP contribution >= 0.6 is 0 Å². The number of fused-ring (bicyclic) bond motifs is 13. The Morgan fingerprint density at radius 3 is 1.37 bits per heavy atom. The van der Waals surface area contributed by atoms with E-state index in [9.17, 15) is 0 Å². The molecule has 0 amide bonds. The van der Waals surface area contributed by atoms with Gasteiger partial charge in [0.1, 0.15) is 33.5 Å². The van der Waals surface area contributed by atoms with Gasteiger partial charge in [-0.3, -0.25) is 0 Å². The Hall–Kier alpha value is -9.33. The van der Waals surface area contributed by atoms with E-state index in [0.717, 1.165) is 110 Å². The van der Waals surface area contributed by atoms with Crippen molar-refractivity contribution in [2.24, 2.45) is 0 Å². The summed E-state index contributed by atoms with van der Waals surface area (Å²) in [6.07, 6.45) is 0.